The molecule has 3 aromatic rings. The minimum absolute atomic E-state index is 0.543. The van der Waals surface area contributed by atoms with Gasteiger partial charge in [-0.3, -0.25) is 0 Å². The lowest BCUT2D eigenvalue weighted by Crippen LogP contribution is -1.88. The van der Waals surface area contributed by atoms with Crippen molar-refractivity contribution in [2.24, 2.45) is 0 Å². The Kier molecular flexibility index (Phi) is 2.94. The quantitative estimate of drug-likeness (QED) is 0.730. The van der Waals surface area contributed by atoms with Gasteiger partial charge in [-0.15, -0.1) is 22.7 Å². The van der Waals surface area contributed by atoms with E-state index in [1.807, 2.05) is 11.4 Å². The van der Waals surface area contributed by atoms with Crippen LogP contribution in [0.3, 0.4) is 0 Å². The number of nitrogens with two attached hydrogens (primary N) is 1. The van der Waals surface area contributed by atoms with Gasteiger partial charge in [0.05, 0.1) is 15.4 Å². The number of nitrogen functional groups attached to an aromatic ring is 1. The van der Waals surface area contributed by atoms with Crippen LogP contribution >= 0.6 is 38.6 Å². The van der Waals surface area contributed by atoms with Gasteiger partial charge in [0.1, 0.15) is 0 Å². The summed E-state index contributed by atoms with van der Waals surface area (Å²) < 4.78 is 6.46. The summed E-state index contributed by atoms with van der Waals surface area (Å²) in [5, 5.41) is 6.87. The molecule has 0 fully saturated rings. The maximum atomic E-state index is 6.12. The number of rotatable bonds is 2. The molecule has 20 heavy (non-hydrogen) atoms. The third-order valence-corrected chi connectivity index (χ3v) is 6.18. The Balaban J connectivity index is 1.79. The van der Waals surface area contributed by atoms with Gasteiger partial charge in [0, 0.05) is 14.7 Å². The third kappa shape index (κ3) is 1.92. The van der Waals surface area contributed by atoms with Crippen LogP contribution in [0.5, 0.6) is 0 Å². The van der Waals surface area contributed by atoms with E-state index in [1.54, 1.807) is 22.7 Å². The minimum atomic E-state index is 0.543. The molecule has 0 saturated carbocycles. The standard InChI is InChI=1S/C13H10BrN3OS2/c14-6-4-9(19-5-6)12-16-13(18-17-12)10-7-2-1-3-8(7)20-11(10)15/h4-5H,1-3,15H2. The normalized spacial score (nSPS) is 13.8. The first-order chi connectivity index (χ1) is 9.72. The number of hydrogen-bond donors (Lipinski definition) is 1. The zero-order valence-electron chi connectivity index (χ0n) is 10.4. The fourth-order valence-corrected chi connectivity index (χ4v) is 5.02. The molecule has 1 aliphatic carbocycles. The Hall–Kier alpha value is -1.18. The van der Waals surface area contributed by atoms with Crippen LogP contribution in [0.15, 0.2) is 20.4 Å². The van der Waals surface area contributed by atoms with E-state index in [0.29, 0.717) is 11.7 Å². The van der Waals surface area contributed by atoms with Crippen molar-refractivity contribution >= 4 is 43.6 Å². The van der Waals surface area contributed by atoms with Crippen molar-refractivity contribution in [3.05, 3.63) is 26.4 Å². The summed E-state index contributed by atoms with van der Waals surface area (Å²) in [6.07, 6.45) is 3.36. The lowest BCUT2D eigenvalue weighted by atomic mass is 10.1. The van der Waals surface area contributed by atoms with E-state index in [0.717, 1.165) is 32.8 Å². The van der Waals surface area contributed by atoms with Crippen molar-refractivity contribution in [2.45, 2.75) is 19.3 Å². The number of anilines is 1. The molecule has 0 radical (unpaired) electrons. The second-order valence-electron chi connectivity index (χ2n) is 4.65. The third-order valence-electron chi connectivity index (χ3n) is 3.38. The van der Waals surface area contributed by atoms with Gasteiger partial charge in [0.2, 0.25) is 5.82 Å². The molecular weight excluding hydrogens is 358 g/mol. The number of nitrogens with zero attached hydrogens (tertiary/aromatic N) is 2. The maximum Gasteiger partial charge on any atom is 0.261 e. The van der Waals surface area contributed by atoms with Gasteiger partial charge in [-0.05, 0) is 46.8 Å². The van der Waals surface area contributed by atoms with Gasteiger partial charge < -0.3 is 10.3 Å². The van der Waals surface area contributed by atoms with E-state index in [9.17, 15) is 0 Å². The number of hydrogen-bond acceptors (Lipinski definition) is 6. The molecule has 3 aromatic heterocycles. The summed E-state index contributed by atoms with van der Waals surface area (Å²) in [6.45, 7) is 0. The zero-order chi connectivity index (χ0) is 13.7. The van der Waals surface area contributed by atoms with Crippen molar-refractivity contribution in [1.29, 1.82) is 0 Å². The van der Waals surface area contributed by atoms with Crippen LogP contribution < -0.4 is 5.73 Å². The van der Waals surface area contributed by atoms with Gasteiger partial charge in [0.25, 0.3) is 5.89 Å². The first-order valence-corrected chi connectivity index (χ1v) is 8.70. The Bertz CT molecular complexity index is 789. The van der Waals surface area contributed by atoms with Crippen molar-refractivity contribution in [3.63, 3.8) is 0 Å². The average Bonchev–Trinajstić information content (AvgIpc) is 3.11. The second kappa shape index (κ2) is 4.68. The Morgan fingerprint density at radius 2 is 2.25 bits per heavy atom. The first kappa shape index (κ1) is 12.6. The number of thiophene rings is 2. The molecule has 102 valence electrons. The lowest BCUT2D eigenvalue weighted by Gasteiger charge is -1.96. The smallest absolute Gasteiger partial charge is 0.261 e. The molecule has 7 heteroatoms. The Morgan fingerprint density at radius 3 is 3.05 bits per heavy atom. The monoisotopic (exact) mass is 367 g/mol. The van der Waals surface area contributed by atoms with Crippen LogP contribution in [0.2, 0.25) is 0 Å². The molecule has 0 saturated heterocycles. The molecule has 0 aromatic carbocycles. The second-order valence-corrected chi connectivity index (χ2v) is 7.61. The molecule has 3 heterocycles. The van der Waals surface area contributed by atoms with Gasteiger partial charge in [-0.1, -0.05) is 5.16 Å². The predicted molar refractivity (Wildman–Crippen MR) is 85.1 cm³/mol. The highest BCUT2D eigenvalue weighted by atomic mass is 79.9. The van der Waals surface area contributed by atoms with E-state index in [4.69, 9.17) is 10.3 Å². The number of fused-ring (bicyclic) bond motifs is 1. The zero-order valence-corrected chi connectivity index (χ0v) is 13.6. The number of halogens is 1. The van der Waals surface area contributed by atoms with Crippen LogP contribution in [0.4, 0.5) is 5.00 Å². The van der Waals surface area contributed by atoms with Gasteiger partial charge in [0.15, 0.2) is 0 Å². The molecule has 1 aliphatic rings. The minimum Gasteiger partial charge on any atom is -0.390 e. The van der Waals surface area contributed by atoms with Crippen LogP contribution in [0, 0.1) is 0 Å². The highest BCUT2D eigenvalue weighted by Gasteiger charge is 2.25. The molecule has 0 unspecified atom stereocenters. The van der Waals surface area contributed by atoms with E-state index in [2.05, 4.69) is 26.1 Å². The summed E-state index contributed by atoms with van der Waals surface area (Å²) in [7, 11) is 0. The molecule has 0 spiro atoms. The maximum absolute atomic E-state index is 6.12. The molecule has 0 bridgehead atoms. The fraction of sp³-hybridized carbons (Fsp3) is 0.231. The van der Waals surface area contributed by atoms with Crippen LogP contribution in [0.25, 0.3) is 22.2 Å². The highest BCUT2D eigenvalue weighted by molar-refractivity contribution is 9.10. The highest BCUT2D eigenvalue weighted by Crippen LogP contribution is 2.43. The van der Waals surface area contributed by atoms with Crippen LogP contribution in [-0.2, 0) is 12.8 Å². The summed E-state index contributed by atoms with van der Waals surface area (Å²) in [4.78, 5) is 6.87. The van der Waals surface area contributed by atoms with Crippen molar-refractivity contribution < 1.29 is 4.52 Å². The van der Waals surface area contributed by atoms with Crippen LogP contribution in [0.1, 0.15) is 16.9 Å². The van der Waals surface area contributed by atoms with E-state index < -0.39 is 0 Å². The van der Waals surface area contributed by atoms with E-state index in [1.165, 1.54) is 16.9 Å². The van der Waals surface area contributed by atoms with Crippen molar-refractivity contribution in [2.75, 3.05) is 5.73 Å². The largest absolute Gasteiger partial charge is 0.390 e. The van der Waals surface area contributed by atoms with Gasteiger partial charge in [-0.2, -0.15) is 4.98 Å². The average molecular weight is 368 g/mol. The summed E-state index contributed by atoms with van der Waals surface area (Å²) in [5.41, 5.74) is 8.38. The number of aromatic nitrogens is 2. The SMILES string of the molecule is Nc1sc2c(c1-c1nc(-c3cc(Br)cs3)no1)CCC2. The lowest BCUT2D eigenvalue weighted by molar-refractivity contribution is 0.432. The molecular formula is C13H10BrN3OS2. The number of aryl methyl sites for hydroxylation is 1. The van der Waals surface area contributed by atoms with Gasteiger partial charge >= 0.3 is 0 Å². The molecule has 4 rings (SSSR count). The fourth-order valence-electron chi connectivity index (χ4n) is 2.52. The summed E-state index contributed by atoms with van der Waals surface area (Å²) >= 11 is 6.67. The molecule has 2 N–H and O–H groups in total. The van der Waals surface area contributed by atoms with Gasteiger partial charge in [-0.25, -0.2) is 0 Å². The van der Waals surface area contributed by atoms with Crippen molar-refractivity contribution in [3.8, 4) is 22.2 Å². The Morgan fingerprint density at radius 1 is 1.35 bits per heavy atom. The van der Waals surface area contributed by atoms with Crippen LogP contribution in [-0.4, -0.2) is 10.1 Å². The van der Waals surface area contributed by atoms with E-state index in [-0.39, 0.29) is 0 Å². The molecule has 0 atom stereocenters. The Labute approximate surface area is 131 Å². The predicted octanol–water partition coefficient (Wildman–Crippen LogP) is 4.36. The molecule has 0 amide bonds. The molecule has 4 nitrogen and oxygen atoms in total. The van der Waals surface area contributed by atoms with E-state index >= 15 is 0 Å². The topological polar surface area (TPSA) is 64.9 Å². The summed E-state index contributed by atoms with van der Waals surface area (Å²) in [6, 6.07) is 1.99. The van der Waals surface area contributed by atoms with Crippen molar-refractivity contribution in [1.82, 2.24) is 10.1 Å². The molecule has 0 aliphatic heterocycles. The summed E-state index contributed by atoms with van der Waals surface area (Å²) in [5.74, 6) is 1.16. The first-order valence-electron chi connectivity index (χ1n) is 6.21.